The van der Waals surface area contributed by atoms with E-state index >= 15 is 0 Å². The predicted molar refractivity (Wildman–Crippen MR) is 81.1 cm³/mol. The van der Waals surface area contributed by atoms with Gasteiger partial charge in [0.1, 0.15) is 11.8 Å². The van der Waals surface area contributed by atoms with Crippen molar-refractivity contribution in [2.45, 2.75) is 25.3 Å². The molecule has 1 atom stereocenters. The SMILES string of the molecule is O=C(CCCc1ccc(Cl)cc1)NC(CO)c1ccco1. The summed E-state index contributed by atoms with van der Waals surface area (Å²) < 4.78 is 5.19. The van der Waals surface area contributed by atoms with Crippen LogP contribution < -0.4 is 5.32 Å². The molecule has 1 heterocycles. The van der Waals surface area contributed by atoms with Gasteiger partial charge in [0.2, 0.25) is 5.91 Å². The van der Waals surface area contributed by atoms with E-state index < -0.39 is 6.04 Å². The lowest BCUT2D eigenvalue weighted by molar-refractivity contribution is -0.122. The van der Waals surface area contributed by atoms with Crippen LogP contribution >= 0.6 is 11.6 Å². The maximum Gasteiger partial charge on any atom is 0.220 e. The van der Waals surface area contributed by atoms with Crippen molar-refractivity contribution in [3.63, 3.8) is 0 Å². The highest BCUT2D eigenvalue weighted by molar-refractivity contribution is 6.30. The van der Waals surface area contributed by atoms with E-state index in [4.69, 9.17) is 16.0 Å². The molecule has 21 heavy (non-hydrogen) atoms. The van der Waals surface area contributed by atoms with Crippen LogP contribution in [-0.2, 0) is 11.2 Å². The van der Waals surface area contributed by atoms with E-state index in [1.54, 1.807) is 12.1 Å². The smallest absolute Gasteiger partial charge is 0.220 e. The molecule has 0 aliphatic carbocycles. The van der Waals surface area contributed by atoms with Crippen LogP contribution in [0.1, 0.15) is 30.2 Å². The van der Waals surface area contributed by atoms with E-state index in [2.05, 4.69) is 5.32 Å². The number of carbonyl (C=O) groups is 1. The summed E-state index contributed by atoms with van der Waals surface area (Å²) in [5.41, 5.74) is 1.15. The quantitative estimate of drug-likeness (QED) is 0.826. The number of aryl methyl sites for hydroxylation is 1. The number of nitrogens with one attached hydrogen (secondary N) is 1. The van der Waals surface area contributed by atoms with Crippen molar-refractivity contribution in [3.8, 4) is 0 Å². The third-order valence-corrected chi connectivity index (χ3v) is 3.44. The zero-order chi connectivity index (χ0) is 15.1. The summed E-state index contributed by atoms with van der Waals surface area (Å²) in [4.78, 5) is 11.9. The first-order valence-electron chi connectivity index (χ1n) is 6.87. The zero-order valence-electron chi connectivity index (χ0n) is 11.6. The predicted octanol–water partition coefficient (Wildman–Crippen LogP) is 3.11. The van der Waals surface area contributed by atoms with Gasteiger partial charge < -0.3 is 14.8 Å². The molecule has 5 heteroatoms. The third kappa shape index (κ3) is 4.92. The monoisotopic (exact) mass is 307 g/mol. The van der Waals surface area contributed by atoms with Crippen molar-refractivity contribution >= 4 is 17.5 Å². The van der Waals surface area contributed by atoms with Gasteiger partial charge in [0.25, 0.3) is 0 Å². The second kappa shape index (κ2) is 7.86. The standard InChI is InChI=1S/C16H18ClNO3/c17-13-8-6-12(7-9-13)3-1-5-16(20)18-14(11-19)15-4-2-10-21-15/h2,4,6-10,14,19H,1,3,5,11H2,(H,18,20). The van der Waals surface area contributed by atoms with Crippen LogP contribution in [0.2, 0.25) is 5.02 Å². The molecule has 0 radical (unpaired) electrons. The molecule has 0 aliphatic heterocycles. The number of carbonyl (C=O) groups excluding carboxylic acids is 1. The Morgan fingerprint density at radius 3 is 2.67 bits per heavy atom. The summed E-state index contributed by atoms with van der Waals surface area (Å²) in [5.74, 6) is 0.461. The molecule has 0 spiro atoms. The maximum atomic E-state index is 11.9. The highest BCUT2D eigenvalue weighted by Crippen LogP contribution is 2.14. The molecular weight excluding hydrogens is 290 g/mol. The van der Waals surface area contributed by atoms with Gasteiger partial charge in [-0.25, -0.2) is 0 Å². The number of halogens is 1. The summed E-state index contributed by atoms with van der Waals surface area (Å²) in [6, 6.07) is 10.6. The number of furan rings is 1. The molecule has 0 fully saturated rings. The minimum atomic E-state index is -0.483. The molecule has 2 aromatic rings. The van der Waals surface area contributed by atoms with Crippen molar-refractivity contribution in [1.29, 1.82) is 0 Å². The average Bonchev–Trinajstić information content (AvgIpc) is 3.01. The molecule has 0 saturated carbocycles. The van der Waals surface area contributed by atoms with E-state index in [1.165, 1.54) is 6.26 Å². The van der Waals surface area contributed by atoms with Crippen LogP contribution in [-0.4, -0.2) is 17.6 Å². The van der Waals surface area contributed by atoms with Gasteiger partial charge in [0, 0.05) is 11.4 Å². The van der Waals surface area contributed by atoms with Crippen LogP contribution in [0.4, 0.5) is 0 Å². The minimum absolute atomic E-state index is 0.0978. The lowest BCUT2D eigenvalue weighted by Gasteiger charge is -2.13. The van der Waals surface area contributed by atoms with E-state index in [0.29, 0.717) is 17.2 Å². The van der Waals surface area contributed by atoms with Gasteiger partial charge >= 0.3 is 0 Å². The molecule has 1 aromatic carbocycles. The average molecular weight is 308 g/mol. The molecule has 0 saturated heterocycles. The maximum absolute atomic E-state index is 11.9. The highest BCUT2D eigenvalue weighted by Gasteiger charge is 2.15. The molecule has 1 amide bonds. The lowest BCUT2D eigenvalue weighted by atomic mass is 10.1. The first-order chi connectivity index (χ1) is 10.2. The van der Waals surface area contributed by atoms with E-state index in [1.807, 2.05) is 24.3 Å². The van der Waals surface area contributed by atoms with Crippen molar-refractivity contribution in [3.05, 3.63) is 59.0 Å². The molecule has 4 nitrogen and oxygen atoms in total. The van der Waals surface area contributed by atoms with Gasteiger partial charge in [-0.05, 0) is 42.7 Å². The summed E-state index contributed by atoms with van der Waals surface area (Å²) in [5, 5.41) is 12.8. The van der Waals surface area contributed by atoms with Gasteiger partial charge in [-0.2, -0.15) is 0 Å². The fourth-order valence-corrected chi connectivity index (χ4v) is 2.19. The van der Waals surface area contributed by atoms with Crippen molar-refractivity contribution in [2.75, 3.05) is 6.61 Å². The molecule has 112 valence electrons. The fraction of sp³-hybridized carbons (Fsp3) is 0.312. The van der Waals surface area contributed by atoms with Crippen molar-refractivity contribution in [1.82, 2.24) is 5.32 Å². The number of rotatable bonds is 7. The minimum Gasteiger partial charge on any atom is -0.467 e. The Morgan fingerprint density at radius 2 is 2.05 bits per heavy atom. The van der Waals surface area contributed by atoms with Crippen molar-refractivity contribution in [2.24, 2.45) is 0 Å². The molecule has 0 bridgehead atoms. The zero-order valence-corrected chi connectivity index (χ0v) is 12.3. The summed E-state index contributed by atoms with van der Waals surface area (Å²) in [6.07, 6.45) is 3.48. The number of hydrogen-bond acceptors (Lipinski definition) is 3. The lowest BCUT2D eigenvalue weighted by Crippen LogP contribution is -2.30. The van der Waals surface area contributed by atoms with Gasteiger partial charge in [-0.3, -0.25) is 4.79 Å². The Morgan fingerprint density at radius 1 is 1.29 bits per heavy atom. The number of benzene rings is 1. The van der Waals surface area contributed by atoms with Gasteiger partial charge in [-0.1, -0.05) is 23.7 Å². The second-order valence-electron chi connectivity index (χ2n) is 4.80. The van der Waals surface area contributed by atoms with Crippen LogP contribution in [0.3, 0.4) is 0 Å². The Labute approximate surface area is 128 Å². The van der Waals surface area contributed by atoms with E-state index in [0.717, 1.165) is 18.4 Å². The van der Waals surface area contributed by atoms with Crippen LogP contribution in [0.5, 0.6) is 0 Å². The molecule has 2 N–H and O–H groups in total. The molecule has 1 unspecified atom stereocenters. The largest absolute Gasteiger partial charge is 0.467 e. The molecular formula is C16H18ClNO3. The Balaban J connectivity index is 1.75. The van der Waals surface area contributed by atoms with Crippen LogP contribution in [0, 0.1) is 0 Å². The first kappa shape index (κ1) is 15.6. The molecule has 0 aliphatic rings. The summed E-state index contributed by atoms with van der Waals surface area (Å²) in [7, 11) is 0. The highest BCUT2D eigenvalue weighted by atomic mass is 35.5. The normalized spacial score (nSPS) is 12.1. The first-order valence-corrected chi connectivity index (χ1v) is 7.25. The number of hydrogen-bond donors (Lipinski definition) is 2. The topological polar surface area (TPSA) is 62.5 Å². The summed E-state index contributed by atoms with van der Waals surface area (Å²) >= 11 is 5.82. The van der Waals surface area contributed by atoms with Crippen LogP contribution in [0.15, 0.2) is 47.1 Å². The molecule has 1 aromatic heterocycles. The number of aliphatic hydroxyl groups is 1. The van der Waals surface area contributed by atoms with Gasteiger partial charge in [-0.15, -0.1) is 0 Å². The number of amides is 1. The Hall–Kier alpha value is -1.78. The Kier molecular flexibility index (Phi) is 5.84. The van der Waals surface area contributed by atoms with E-state index in [-0.39, 0.29) is 12.5 Å². The second-order valence-corrected chi connectivity index (χ2v) is 5.23. The van der Waals surface area contributed by atoms with E-state index in [9.17, 15) is 9.90 Å². The van der Waals surface area contributed by atoms with Gasteiger partial charge in [0.05, 0.1) is 12.9 Å². The molecule has 2 rings (SSSR count). The van der Waals surface area contributed by atoms with Gasteiger partial charge in [0.15, 0.2) is 0 Å². The van der Waals surface area contributed by atoms with Crippen molar-refractivity contribution < 1.29 is 14.3 Å². The summed E-state index contributed by atoms with van der Waals surface area (Å²) in [6.45, 7) is -0.184. The van der Waals surface area contributed by atoms with Crippen LogP contribution in [0.25, 0.3) is 0 Å². The number of aliphatic hydroxyl groups excluding tert-OH is 1. The Bertz CT molecular complexity index is 551. The fourth-order valence-electron chi connectivity index (χ4n) is 2.07. The third-order valence-electron chi connectivity index (χ3n) is 3.19.